The van der Waals surface area contributed by atoms with Gasteiger partial charge in [-0.1, -0.05) is 59.6 Å². The summed E-state index contributed by atoms with van der Waals surface area (Å²) >= 11 is 12.5. The predicted octanol–water partition coefficient (Wildman–Crippen LogP) is 4.93. The van der Waals surface area contributed by atoms with Crippen LogP contribution in [0.2, 0.25) is 10.0 Å². The zero-order valence-corrected chi connectivity index (χ0v) is 18.5. The number of aryl methyl sites for hydroxylation is 2. The number of aliphatic hydroxyl groups is 1. The summed E-state index contributed by atoms with van der Waals surface area (Å²) in [6.07, 6.45) is 1.16. The number of pyridine rings is 1. The van der Waals surface area contributed by atoms with E-state index in [1.165, 1.54) is 6.07 Å². The number of aromatic carboxylic acids is 1. The van der Waals surface area contributed by atoms with E-state index in [2.05, 4.69) is 0 Å². The minimum absolute atomic E-state index is 0.0612. The van der Waals surface area contributed by atoms with E-state index in [1.807, 2.05) is 24.3 Å². The molecule has 0 spiro atoms. The number of hydrogen-bond acceptors (Lipinski definition) is 3. The molecule has 0 aliphatic carbocycles. The van der Waals surface area contributed by atoms with Crippen LogP contribution in [0.1, 0.15) is 45.8 Å². The molecule has 1 atom stereocenters. The van der Waals surface area contributed by atoms with Crippen LogP contribution in [0.3, 0.4) is 0 Å². The number of nitrogens with zero attached hydrogens (tertiary/aromatic N) is 1. The largest absolute Gasteiger partial charge is 0.478 e. The van der Waals surface area contributed by atoms with Crippen molar-refractivity contribution < 1.29 is 15.0 Å². The minimum atomic E-state index is -0.980. The van der Waals surface area contributed by atoms with Gasteiger partial charge in [-0.05, 0) is 61.1 Å². The van der Waals surface area contributed by atoms with Gasteiger partial charge in [0.2, 0.25) is 0 Å². The van der Waals surface area contributed by atoms with E-state index in [9.17, 15) is 14.7 Å². The summed E-state index contributed by atoms with van der Waals surface area (Å²) in [6.45, 7) is 2.09. The average molecular weight is 460 g/mol. The van der Waals surface area contributed by atoms with Crippen LogP contribution in [0.4, 0.5) is 0 Å². The number of hydrogen-bond donors (Lipinski definition) is 2. The van der Waals surface area contributed by atoms with Crippen LogP contribution < -0.4 is 5.56 Å². The number of rotatable bonds is 8. The number of aromatic nitrogens is 1. The Morgan fingerprint density at radius 3 is 2.32 bits per heavy atom. The summed E-state index contributed by atoms with van der Waals surface area (Å²) in [5.41, 5.74) is 3.38. The topological polar surface area (TPSA) is 79.5 Å². The molecule has 2 aromatic carbocycles. The van der Waals surface area contributed by atoms with Gasteiger partial charge in [-0.3, -0.25) is 4.79 Å². The van der Waals surface area contributed by atoms with Gasteiger partial charge in [0.15, 0.2) is 0 Å². The van der Waals surface area contributed by atoms with E-state index in [4.69, 9.17) is 28.3 Å². The Balaban J connectivity index is 1.82. The third kappa shape index (κ3) is 5.76. The summed E-state index contributed by atoms with van der Waals surface area (Å²) in [6, 6.07) is 15.7. The van der Waals surface area contributed by atoms with Gasteiger partial charge in [-0.25, -0.2) is 4.79 Å². The molecule has 2 N–H and O–H groups in total. The lowest BCUT2D eigenvalue weighted by Gasteiger charge is -2.16. The van der Waals surface area contributed by atoms with Gasteiger partial charge in [0.05, 0.1) is 16.7 Å². The predicted molar refractivity (Wildman–Crippen MR) is 122 cm³/mol. The number of halogens is 2. The summed E-state index contributed by atoms with van der Waals surface area (Å²) in [4.78, 5) is 23.7. The second-order valence-electron chi connectivity index (χ2n) is 7.42. The van der Waals surface area contributed by atoms with E-state index in [0.717, 1.165) is 16.7 Å². The Morgan fingerprint density at radius 1 is 0.968 bits per heavy atom. The molecule has 5 nitrogen and oxygen atoms in total. The first kappa shape index (κ1) is 23.1. The van der Waals surface area contributed by atoms with Gasteiger partial charge in [0.25, 0.3) is 5.56 Å². The first-order chi connectivity index (χ1) is 14.8. The zero-order valence-electron chi connectivity index (χ0n) is 17.0. The lowest BCUT2D eigenvalue weighted by molar-refractivity contribution is 0.0697. The molecule has 0 radical (unpaired) electrons. The van der Waals surface area contributed by atoms with Crippen molar-refractivity contribution in [1.29, 1.82) is 0 Å². The van der Waals surface area contributed by atoms with Gasteiger partial charge in [-0.2, -0.15) is 0 Å². The molecule has 0 saturated carbocycles. The van der Waals surface area contributed by atoms with Crippen molar-refractivity contribution in [2.75, 3.05) is 0 Å². The van der Waals surface area contributed by atoms with Gasteiger partial charge in [-0.15, -0.1) is 0 Å². The Morgan fingerprint density at radius 2 is 1.68 bits per heavy atom. The highest BCUT2D eigenvalue weighted by Crippen LogP contribution is 2.22. The molecule has 3 rings (SSSR count). The Bertz CT molecular complexity index is 1140. The Kier molecular flexibility index (Phi) is 7.55. The highest BCUT2D eigenvalue weighted by molar-refractivity contribution is 6.34. The van der Waals surface area contributed by atoms with Crippen LogP contribution in [0, 0.1) is 0 Å². The van der Waals surface area contributed by atoms with Gasteiger partial charge in [0, 0.05) is 12.2 Å². The third-order valence-electron chi connectivity index (χ3n) is 5.21. The monoisotopic (exact) mass is 459 g/mol. The normalized spacial score (nSPS) is 12.0. The molecule has 31 heavy (non-hydrogen) atoms. The van der Waals surface area contributed by atoms with Gasteiger partial charge >= 0.3 is 5.97 Å². The van der Waals surface area contributed by atoms with E-state index in [1.54, 1.807) is 35.8 Å². The van der Waals surface area contributed by atoms with Crippen molar-refractivity contribution in [2.45, 2.75) is 38.8 Å². The molecule has 0 amide bonds. The Hall–Kier alpha value is -2.60. The SMILES string of the molecule is CC(O)c1cccc(CCc2c(Cl)cc(Cl)c(=O)n2CCc2ccc(C(=O)O)cc2)c1. The van der Waals surface area contributed by atoms with Crippen LogP contribution in [-0.4, -0.2) is 20.7 Å². The first-order valence-electron chi connectivity index (χ1n) is 9.93. The van der Waals surface area contributed by atoms with E-state index in [0.29, 0.717) is 36.5 Å². The van der Waals surface area contributed by atoms with Crippen LogP contribution in [0.5, 0.6) is 0 Å². The molecule has 0 saturated heterocycles. The van der Waals surface area contributed by atoms with Gasteiger partial charge < -0.3 is 14.8 Å². The molecule has 0 aliphatic heterocycles. The maximum absolute atomic E-state index is 12.7. The van der Waals surface area contributed by atoms with Crippen molar-refractivity contribution in [1.82, 2.24) is 4.57 Å². The highest BCUT2D eigenvalue weighted by Gasteiger charge is 2.14. The van der Waals surface area contributed by atoms with Crippen LogP contribution in [0.15, 0.2) is 59.4 Å². The lowest BCUT2D eigenvalue weighted by Crippen LogP contribution is -2.25. The molecule has 7 heteroatoms. The quantitative estimate of drug-likeness (QED) is 0.500. The molecule has 1 unspecified atom stereocenters. The number of aliphatic hydroxyl groups excluding tert-OH is 1. The second kappa shape index (κ2) is 10.1. The fourth-order valence-corrected chi connectivity index (χ4v) is 4.03. The molecule has 3 aromatic rings. The molecule has 162 valence electrons. The molecule has 1 aromatic heterocycles. The average Bonchev–Trinajstić information content (AvgIpc) is 2.75. The summed E-state index contributed by atoms with van der Waals surface area (Å²) in [5.74, 6) is -0.980. The first-order valence-corrected chi connectivity index (χ1v) is 10.7. The maximum Gasteiger partial charge on any atom is 0.335 e. The number of carboxylic acids is 1. The number of carbonyl (C=O) groups is 1. The molecular formula is C24H23Cl2NO4. The number of carboxylic acid groups (broad SMARTS) is 1. The van der Waals surface area contributed by atoms with Crippen LogP contribution >= 0.6 is 23.2 Å². The lowest BCUT2D eigenvalue weighted by atomic mass is 10.0. The van der Waals surface area contributed by atoms with E-state index < -0.39 is 12.1 Å². The molecule has 0 fully saturated rings. The van der Waals surface area contributed by atoms with Crippen molar-refractivity contribution in [3.8, 4) is 0 Å². The molecule has 0 aliphatic rings. The van der Waals surface area contributed by atoms with Crippen molar-refractivity contribution in [2.24, 2.45) is 0 Å². The molecular weight excluding hydrogens is 437 g/mol. The number of benzene rings is 2. The van der Waals surface area contributed by atoms with E-state index in [-0.39, 0.29) is 16.1 Å². The summed E-state index contributed by atoms with van der Waals surface area (Å²) < 4.78 is 1.59. The van der Waals surface area contributed by atoms with Crippen molar-refractivity contribution in [3.63, 3.8) is 0 Å². The van der Waals surface area contributed by atoms with Crippen LogP contribution in [-0.2, 0) is 25.8 Å². The smallest absolute Gasteiger partial charge is 0.335 e. The summed E-state index contributed by atoms with van der Waals surface area (Å²) in [7, 11) is 0. The highest BCUT2D eigenvalue weighted by atomic mass is 35.5. The minimum Gasteiger partial charge on any atom is -0.478 e. The fourth-order valence-electron chi connectivity index (χ4n) is 3.45. The van der Waals surface area contributed by atoms with Crippen molar-refractivity contribution >= 4 is 29.2 Å². The standard InChI is InChI=1S/C24H23Cl2NO4/c1-15(28)19-4-2-3-17(13-19)7-10-22-20(25)14-21(26)23(29)27(22)12-11-16-5-8-18(9-6-16)24(30)31/h2-6,8-9,13-15,28H,7,10-12H2,1H3,(H,30,31). The molecule has 0 bridgehead atoms. The molecule has 1 heterocycles. The zero-order chi connectivity index (χ0) is 22.5. The van der Waals surface area contributed by atoms with E-state index >= 15 is 0 Å². The Labute approximate surface area is 190 Å². The fraction of sp³-hybridized carbons (Fsp3) is 0.250. The maximum atomic E-state index is 12.7. The van der Waals surface area contributed by atoms with Crippen molar-refractivity contribution in [3.05, 3.63) is 103 Å². The third-order valence-corrected chi connectivity index (χ3v) is 5.81. The van der Waals surface area contributed by atoms with Crippen LogP contribution in [0.25, 0.3) is 0 Å². The second-order valence-corrected chi connectivity index (χ2v) is 8.23. The van der Waals surface area contributed by atoms with Gasteiger partial charge in [0.1, 0.15) is 5.02 Å². The summed E-state index contributed by atoms with van der Waals surface area (Å²) in [5, 5.41) is 19.3.